The fraction of sp³-hybridized carbons (Fsp3) is 0.471. The predicted molar refractivity (Wildman–Crippen MR) is 97.2 cm³/mol. The molecule has 1 aliphatic rings. The van der Waals surface area contributed by atoms with E-state index in [4.69, 9.17) is 5.73 Å². The van der Waals surface area contributed by atoms with Gasteiger partial charge >= 0.3 is 0 Å². The molecule has 0 unspecified atom stereocenters. The van der Waals surface area contributed by atoms with Gasteiger partial charge in [0.05, 0.1) is 31.2 Å². The van der Waals surface area contributed by atoms with Crippen molar-refractivity contribution < 1.29 is 5.11 Å². The van der Waals surface area contributed by atoms with E-state index < -0.39 is 0 Å². The second-order valence-electron chi connectivity index (χ2n) is 7.04. The third-order valence-corrected chi connectivity index (χ3v) is 4.66. The molecule has 0 aliphatic carbocycles. The van der Waals surface area contributed by atoms with Crippen LogP contribution in [0.15, 0.2) is 18.9 Å². The topological polar surface area (TPSA) is 119 Å². The van der Waals surface area contributed by atoms with Crippen LogP contribution in [0.1, 0.15) is 37.6 Å². The highest BCUT2D eigenvalue weighted by atomic mass is 16.3. The van der Waals surface area contributed by atoms with E-state index in [1.54, 1.807) is 18.9 Å². The number of imidazole rings is 1. The summed E-state index contributed by atoms with van der Waals surface area (Å²) in [7, 11) is 0. The average Bonchev–Trinajstić information content (AvgIpc) is 3.22. The number of nitrogen functional groups attached to an aromatic ring is 1. The summed E-state index contributed by atoms with van der Waals surface area (Å²) in [6.45, 7) is 5.58. The van der Waals surface area contributed by atoms with Gasteiger partial charge in [0.25, 0.3) is 0 Å². The normalized spacial score (nSPS) is 15.0. The molecule has 3 aromatic heterocycles. The lowest BCUT2D eigenvalue weighted by atomic mass is 10.0. The van der Waals surface area contributed by atoms with Gasteiger partial charge < -0.3 is 20.3 Å². The maximum Gasteiger partial charge on any atom is 0.220 e. The molecule has 0 aromatic carbocycles. The molecule has 3 aromatic rings. The Labute approximate surface area is 150 Å². The third kappa shape index (κ3) is 2.84. The van der Waals surface area contributed by atoms with Crippen LogP contribution in [0.3, 0.4) is 0 Å². The maximum absolute atomic E-state index is 9.80. The van der Waals surface area contributed by atoms with Crippen LogP contribution in [0.4, 0.5) is 11.8 Å². The minimum atomic E-state index is -0.0517. The van der Waals surface area contributed by atoms with Gasteiger partial charge in [0.1, 0.15) is 6.33 Å². The van der Waals surface area contributed by atoms with Crippen molar-refractivity contribution in [3.05, 3.63) is 30.1 Å². The number of nitrogens with zero attached hydrogens (tertiary/aromatic N) is 7. The number of aliphatic hydroxyl groups is 1. The van der Waals surface area contributed by atoms with Gasteiger partial charge in [-0.3, -0.25) is 0 Å². The fourth-order valence-corrected chi connectivity index (χ4v) is 3.48. The van der Waals surface area contributed by atoms with Gasteiger partial charge in [-0.05, 0) is 12.3 Å². The van der Waals surface area contributed by atoms with Crippen molar-refractivity contribution in [1.82, 2.24) is 29.5 Å². The fourth-order valence-electron chi connectivity index (χ4n) is 3.48. The summed E-state index contributed by atoms with van der Waals surface area (Å²) < 4.78 is 1.95. The highest BCUT2D eigenvalue weighted by molar-refractivity contribution is 5.83. The first-order valence-corrected chi connectivity index (χ1v) is 8.70. The lowest BCUT2D eigenvalue weighted by Crippen LogP contribution is -2.18. The molecule has 0 fully saturated rings. The van der Waals surface area contributed by atoms with E-state index in [1.807, 2.05) is 4.57 Å². The standard InChI is InChI=1S/C17H22N8O/c1-10(2)3-12(7-26)25-9-22-14-15(20-8-21-16(14)25)24-5-11-4-19-17(18)23-13(11)6-24/h4,8-10,12,26H,3,5-7H2,1-2H3,(H2,18,19,23)/t12-/m0/s1. The zero-order chi connectivity index (χ0) is 18.3. The van der Waals surface area contributed by atoms with Crippen molar-refractivity contribution in [2.24, 2.45) is 5.92 Å². The predicted octanol–water partition coefficient (Wildman–Crippen LogP) is 1.30. The third-order valence-electron chi connectivity index (χ3n) is 4.66. The number of anilines is 2. The number of hydrogen-bond acceptors (Lipinski definition) is 8. The average molecular weight is 354 g/mol. The van der Waals surface area contributed by atoms with Crippen LogP contribution in [0, 0.1) is 5.92 Å². The lowest BCUT2D eigenvalue weighted by Gasteiger charge is -2.19. The van der Waals surface area contributed by atoms with Gasteiger partial charge in [-0.15, -0.1) is 0 Å². The first kappa shape index (κ1) is 16.6. The van der Waals surface area contributed by atoms with Crippen LogP contribution in [0.25, 0.3) is 11.2 Å². The largest absolute Gasteiger partial charge is 0.394 e. The lowest BCUT2D eigenvalue weighted by molar-refractivity contribution is 0.210. The molecule has 26 heavy (non-hydrogen) atoms. The Morgan fingerprint density at radius 2 is 2.04 bits per heavy atom. The van der Waals surface area contributed by atoms with Crippen molar-refractivity contribution in [3.8, 4) is 0 Å². The zero-order valence-corrected chi connectivity index (χ0v) is 14.9. The molecule has 1 aliphatic heterocycles. The first-order valence-electron chi connectivity index (χ1n) is 8.70. The van der Waals surface area contributed by atoms with Crippen LogP contribution in [0.5, 0.6) is 0 Å². The van der Waals surface area contributed by atoms with E-state index in [2.05, 4.69) is 43.7 Å². The van der Waals surface area contributed by atoms with Gasteiger partial charge in [-0.25, -0.2) is 24.9 Å². The minimum Gasteiger partial charge on any atom is -0.394 e. The molecule has 9 heteroatoms. The van der Waals surface area contributed by atoms with Gasteiger partial charge in [0, 0.05) is 18.3 Å². The quantitative estimate of drug-likeness (QED) is 0.704. The van der Waals surface area contributed by atoms with Gasteiger partial charge in [-0.1, -0.05) is 13.8 Å². The van der Waals surface area contributed by atoms with Crippen LogP contribution in [0.2, 0.25) is 0 Å². The Hall–Kier alpha value is -2.81. The molecule has 0 bridgehead atoms. The summed E-state index contributed by atoms with van der Waals surface area (Å²) >= 11 is 0. The molecule has 4 heterocycles. The van der Waals surface area contributed by atoms with E-state index in [1.165, 1.54) is 0 Å². The van der Waals surface area contributed by atoms with E-state index in [-0.39, 0.29) is 18.6 Å². The second kappa shape index (κ2) is 6.49. The van der Waals surface area contributed by atoms with E-state index in [9.17, 15) is 5.11 Å². The Bertz CT molecular complexity index is 938. The molecule has 1 atom stereocenters. The van der Waals surface area contributed by atoms with Crippen LogP contribution >= 0.6 is 0 Å². The molecular weight excluding hydrogens is 332 g/mol. The smallest absolute Gasteiger partial charge is 0.220 e. The SMILES string of the molecule is CC(C)C[C@@H](CO)n1cnc2c(N3Cc4cnc(N)nc4C3)ncnc21. The Kier molecular flexibility index (Phi) is 4.15. The Morgan fingerprint density at radius 1 is 1.19 bits per heavy atom. The van der Waals surface area contributed by atoms with Crippen molar-refractivity contribution in [2.75, 3.05) is 17.2 Å². The molecule has 136 valence electrons. The summed E-state index contributed by atoms with van der Waals surface area (Å²) in [6.07, 6.45) is 5.90. The number of hydrogen-bond donors (Lipinski definition) is 2. The summed E-state index contributed by atoms with van der Waals surface area (Å²) in [5.41, 5.74) is 9.10. The van der Waals surface area contributed by atoms with Gasteiger partial charge in [-0.2, -0.15) is 0 Å². The van der Waals surface area contributed by atoms with Gasteiger partial charge in [0.15, 0.2) is 17.0 Å². The molecule has 4 rings (SSSR count). The minimum absolute atomic E-state index is 0.0486. The van der Waals surface area contributed by atoms with E-state index in [0.717, 1.165) is 34.7 Å². The number of nitrogens with two attached hydrogens (primary N) is 1. The first-order chi connectivity index (χ1) is 12.6. The highest BCUT2D eigenvalue weighted by Gasteiger charge is 2.26. The summed E-state index contributed by atoms with van der Waals surface area (Å²) in [5.74, 6) is 1.50. The molecule has 9 nitrogen and oxygen atoms in total. The van der Waals surface area contributed by atoms with Crippen LogP contribution in [-0.4, -0.2) is 41.2 Å². The second-order valence-corrected chi connectivity index (χ2v) is 7.04. The Morgan fingerprint density at radius 3 is 2.81 bits per heavy atom. The zero-order valence-electron chi connectivity index (χ0n) is 14.9. The van der Waals surface area contributed by atoms with Gasteiger partial charge in [0.2, 0.25) is 5.95 Å². The summed E-state index contributed by atoms with van der Waals surface area (Å²) in [6, 6.07) is -0.0517. The number of aromatic nitrogens is 6. The maximum atomic E-state index is 9.80. The van der Waals surface area contributed by atoms with Crippen LogP contribution in [-0.2, 0) is 13.1 Å². The number of fused-ring (bicyclic) bond motifs is 2. The number of rotatable bonds is 5. The Balaban J connectivity index is 1.70. The van der Waals surface area contributed by atoms with E-state index in [0.29, 0.717) is 19.0 Å². The molecular formula is C17H22N8O. The summed E-state index contributed by atoms with van der Waals surface area (Å²) in [4.78, 5) is 23.9. The van der Waals surface area contributed by atoms with Crippen molar-refractivity contribution in [1.29, 1.82) is 0 Å². The van der Waals surface area contributed by atoms with Crippen molar-refractivity contribution in [2.45, 2.75) is 39.4 Å². The van der Waals surface area contributed by atoms with E-state index >= 15 is 0 Å². The van der Waals surface area contributed by atoms with Crippen molar-refractivity contribution in [3.63, 3.8) is 0 Å². The molecule has 0 spiro atoms. The monoisotopic (exact) mass is 354 g/mol. The summed E-state index contributed by atoms with van der Waals surface area (Å²) in [5, 5.41) is 9.80. The molecule has 0 saturated carbocycles. The number of aliphatic hydroxyl groups excluding tert-OH is 1. The highest BCUT2D eigenvalue weighted by Crippen LogP contribution is 2.31. The molecule has 0 amide bonds. The van der Waals surface area contributed by atoms with Crippen molar-refractivity contribution >= 4 is 22.9 Å². The molecule has 3 N–H and O–H groups in total. The molecule has 0 radical (unpaired) electrons. The van der Waals surface area contributed by atoms with Crippen LogP contribution < -0.4 is 10.6 Å². The molecule has 0 saturated heterocycles.